The topological polar surface area (TPSA) is 105 Å². The Labute approximate surface area is 162 Å². The molecular formula is C20H22N4O4. The van der Waals surface area contributed by atoms with E-state index in [2.05, 4.69) is 15.5 Å². The van der Waals surface area contributed by atoms with Gasteiger partial charge in [0, 0.05) is 44.4 Å². The fourth-order valence-electron chi connectivity index (χ4n) is 3.30. The number of carbonyl (C=O) groups excluding carboxylic acids is 2. The van der Waals surface area contributed by atoms with Gasteiger partial charge in [-0.3, -0.25) is 19.7 Å². The van der Waals surface area contributed by atoms with Gasteiger partial charge in [0.1, 0.15) is 0 Å². The van der Waals surface area contributed by atoms with Crippen LogP contribution < -0.4 is 15.5 Å². The molecule has 3 rings (SSSR count). The molecule has 2 amide bonds. The third-order valence-corrected chi connectivity index (χ3v) is 4.75. The summed E-state index contributed by atoms with van der Waals surface area (Å²) < 4.78 is 0. The van der Waals surface area contributed by atoms with Gasteiger partial charge in [0.05, 0.1) is 16.2 Å². The highest BCUT2D eigenvalue weighted by atomic mass is 16.6. The van der Waals surface area contributed by atoms with Crippen LogP contribution >= 0.6 is 0 Å². The van der Waals surface area contributed by atoms with Crippen molar-refractivity contribution in [1.29, 1.82) is 0 Å². The van der Waals surface area contributed by atoms with Gasteiger partial charge in [-0.1, -0.05) is 12.1 Å². The van der Waals surface area contributed by atoms with Crippen molar-refractivity contribution < 1.29 is 14.5 Å². The Morgan fingerprint density at radius 3 is 2.54 bits per heavy atom. The van der Waals surface area contributed by atoms with Crippen LogP contribution in [0.4, 0.5) is 11.4 Å². The van der Waals surface area contributed by atoms with Gasteiger partial charge in [0.25, 0.3) is 17.5 Å². The summed E-state index contributed by atoms with van der Waals surface area (Å²) in [5.41, 5.74) is 2.15. The Balaban J connectivity index is 1.80. The lowest BCUT2D eigenvalue weighted by molar-refractivity contribution is -0.384. The molecule has 1 heterocycles. The van der Waals surface area contributed by atoms with E-state index in [4.69, 9.17) is 0 Å². The molecule has 0 bridgehead atoms. The van der Waals surface area contributed by atoms with Gasteiger partial charge in [-0.2, -0.15) is 0 Å². The summed E-state index contributed by atoms with van der Waals surface area (Å²) >= 11 is 0. The molecule has 8 nitrogen and oxygen atoms in total. The van der Waals surface area contributed by atoms with Crippen LogP contribution in [0, 0.1) is 10.1 Å². The van der Waals surface area contributed by atoms with Crippen molar-refractivity contribution in [3.05, 3.63) is 69.3 Å². The van der Waals surface area contributed by atoms with E-state index < -0.39 is 4.92 Å². The number of benzene rings is 2. The van der Waals surface area contributed by atoms with E-state index in [1.165, 1.54) is 12.1 Å². The third-order valence-electron chi connectivity index (χ3n) is 4.75. The zero-order chi connectivity index (χ0) is 20.1. The Morgan fingerprint density at radius 2 is 1.86 bits per heavy atom. The minimum absolute atomic E-state index is 0.116. The number of amides is 2. The van der Waals surface area contributed by atoms with Crippen LogP contribution in [-0.4, -0.2) is 36.9 Å². The first kappa shape index (κ1) is 19.3. The molecule has 1 aliphatic rings. The number of nitro benzene ring substituents is 1. The van der Waals surface area contributed by atoms with Crippen molar-refractivity contribution in [2.75, 3.05) is 25.0 Å². The van der Waals surface area contributed by atoms with E-state index in [1.807, 2.05) is 6.07 Å². The highest BCUT2D eigenvalue weighted by Gasteiger charge is 2.22. The molecule has 0 spiro atoms. The number of nitrogens with zero attached hydrogens (tertiary/aromatic N) is 2. The SMILES string of the molecule is CNC(=O)c1cccc(CNC(=O)c2cc([N+](=O)[O-])ccc2N2CCCC2)c1. The summed E-state index contributed by atoms with van der Waals surface area (Å²) in [5, 5.41) is 16.5. The summed E-state index contributed by atoms with van der Waals surface area (Å²) in [7, 11) is 1.55. The second-order valence-corrected chi connectivity index (χ2v) is 6.61. The number of non-ortho nitro benzene ring substituents is 1. The van der Waals surface area contributed by atoms with Crippen LogP contribution in [0.15, 0.2) is 42.5 Å². The maximum absolute atomic E-state index is 12.8. The molecule has 146 valence electrons. The summed E-state index contributed by atoms with van der Waals surface area (Å²) in [4.78, 5) is 37.3. The third kappa shape index (κ3) is 4.28. The van der Waals surface area contributed by atoms with Crippen LogP contribution in [-0.2, 0) is 6.54 Å². The molecule has 0 aliphatic carbocycles. The summed E-state index contributed by atoms with van der Waals surface area (Å²) in [6, 6.07) is 11.3. The fourth-order valence-corrected chi connectivity index (χ4v) is 3.30. The molecule has 2 N–H and O–H groups in total. The zero-order valence-electron chi connectivity index (χ0n) is 15.6. The quantitative estimate of drug-likeness (QED) is 0.590. The van der Waals surface area contributed by atoms with Gasteiger partial charge in [0.2, 0.25) is 0 Å². The number of carbonyl (C=O) groups is 2. The van der Waals surface area contributed by atoms with E-state index >= 15 is 0 Å². The van der Waals surface area contributed by atoms with E-state index in [1.54, 1.807) is 31.3 Å². The molecule has 28 heavy (non-hydrogen) atoms. The maximum atomic E-state index is 12.8. The standard InChI is InChI=1S/C20H22N4O4/c1-21-19(25)15-6-4-5-14(11-15)13-22-20(26)17-12-16(24(27)28)7-8-18(17)23-9-2-3-10-23/h4-8,11-12H,2-3,9-10,13H2,1H3,(H,21,25)(H,22,26). The second kappa shape index (κ2) is 8.51. The molecule has 1 saturated heterocycles. The van der Waals surface area contributed by atoms with Gasteiger partial charge in [-0.05, 0) is 36.6 Å². The van der Waals surface area contributed by atoms with Gasteiger partial charge < -0.3 is 15.5 Å². The lowest BCUT2D eigenvalue weighted by Crippen LogP contribution is -2.27. The Morgan fingerprint density at radius 1 is 1.11 bits per heavy atom. The summed E-state index contributed by atoms with van der Waals surface area (Å²) in [5.74, 6) is -0.584. The normalized spacial score (nSPS) is 13.2. The average molecular weight is 382 g/mol. The Kier molecular flexibility index (Phi) is 5.88. The van der Waals surface area contributed by atoms with Gasteiger partial charge in [-0.25, -0.2) is 0 Å². The van der Waals surface area contributed by atoms with Gasteiger partial charge in [0.15, 0.2) is 0 Å². The molecule has 1 aliphatic heterocycles. The van der Waals surface area contributed by atoms with Crippen molar-refractivity contribution in [2.45, 2.75) is 19.4 Å². The first-order chi connectivity index (χ1) is 13.5. The van der Waals surface area contributed by atoms with Crippen molar-refractivity contribution in [2.24, 2.45) is 0 Å². The van der Waals surface area contributed by atoms with Crippen LogP contribution in [0.2, 0.25) is 0 Å². The minimum atomic E-state index is -0.503. The first-order valence-electron chi connectivity index (χ1n) is 9.12. The number of nitro groups is 1. The van der Waals surface area contributed by atoms with Crippen molar-refractivity contribution in [3.8, 4) is 0 Å². The monoisotopic (exact) mass is 382 g/mol. The molecule has 0 saturated carbocycles. The molecule has 2 aromatic carbocycles. The van der Waals surface area contributed by atoms with Crippen LogP contribution in [0.25, 0.3) is 0 Å². The Hall–Kier alpha value is -3.42. The van der Waals surface area contributed by atoms with E-state index in [0.29, 0.717) is 16.8 Å². The van der Waals surface area contributed by atoms with Gasteiger partial charge >= 0.3 is 0 Å². The zero-order valence-corrected chi connectivity index (χ0v) is 15.6. The van der Waals surface area contributed by atoms with E-state index in [-0.39, 0.29) is 24.0 Å². The highest BCUT2D eigenvalue weighted by Crippen LogP contribution is 2.28. The predicted octanol–water partition coefficient (Wildman–Crippen LogP) is 2.48. The number of rotatable bonds is 6. The molecule has 2 aromatic rings. The number of nitrogens with one attached hydrogen (secondary N) is 2. The van der Waals surface area contributed by atoms with Crippen LogP contribution in [0.1, 0.15) is 39.1 Å². The molecule has 0 radical (unpaired) electrons. The van der Waals surface area contributed by atoms with E-state index in [0.717, 1.165) is 31.5 Å². The number of hydrogen-bond donors (Lipinski definition) is 2. The number of hydrogen-bond acceptors (Lipinski definition) is 5. The molecule has 1 fully saturated rings. The molecule has 0 aromatic heterocycles. The average Bonchev–Trinajstić information content (AvgIpc) is 3.25. The van der Waals surface area contributed by atoms with Crippen molar-refractivity contribution in [3.63, 3.8) is 0 Å². The van der Waals surface area contributed by atoms with E-state index in [9.17, 15) is 19.7 Å². The molecule has 0 unspecified atom stereocenters. The summed E-state index contributed by atoms with van der Waals surface area (Å²) in [6.45, 7) is 1.87. The van der Waals surface area contributed by atoms with Crippen molar-refractivity contribution >= 4 is 23.2 Å². The van der Waals surface area contributed by atoms with Crippen LogP contribution in [0.3, 0.4) is 0 Å². The maximum Gasteiger partial charge on any atom is 0.270 e. The lowest BCUT2D eigenvalue weighted by Gasteiger charge is -2.21. The highest BCUT2D eigenvalue weighted by molar-refractivity contribution is 6.00. The Bertz CT molecular complexity index is 907. The fraction of sp³-hybridized carbons (Fsp3) is 0.300. The largest absolute Gasteiger partial charge is 0.371 e. The van der Waals surface area contributed by atoms with Crippen LogP contribution in [0.5, 0.6) is 0 Å². The van der Waals surface area contributed by atoms with Gasteiger partial charge in [-0.15, -0.1) is 0 Å². The van der Waals surface area contributed by atoms with Crippen molar-refractivity contribution in [1.82, 2.24) is 10.6 Å². The molecule has 8 heteroatoms. The summed E-state index contributed by atoms with van der Waals surface area (Å²) in [6.07, 6.45) is 2.06. The second-order valence-electron chi connectivity index (χ2n) is 6.61. The molecule has 0 atom stereocenters. The first-order valence-corrected chi connectivity index (χ1v) is 9.12. The smallest absolute Gasteiger partial charge is 0.270 e. The number of anilines is 1. The minimum Gasteiger partial charge on any atom is -0.371 e. The predicted molar refractivity (Wildman–Crippen MR) is 106 cm³/mol. The molecular weight excluding hydrogens is 360 g/mol. The lowest BCUT2D eigenvalue weighted by atomic mass is 10.1.